The minimum absolute atomic E-state index is 0.0345. The summed E-state index contributed by atoms with van der Waals surface area (Å²) >= 11 is 0. The first-order chi connectivity index (χ1) is 38.4. The van der Waals surface area contributed by atoms with Crippen LogP contribution >= 0.6 is 7.82 Å². The van der Waals surface area contributed by atoms with Crippen molar-refractivity contribution in [3.05, 3.63) is 72.9 Å². The van der Waals surface area contributed by atoms with E-state index in [9.17, 15) is 19.0 Å². The molecule has 0 radical (unpaired) electrons. The molecule has 9 nitrogen and oxygen atoms in total. The van der Waals surface area contributed by atoms with Crippen molar-refractivity contribution >= 4 is 19.7 Å². The third-order valence-electron chi connectivity index (χ3n) is 14.6. The fraction of sp³-hybridized carbons (Fsp3) is 0.797. The van der Waals surface area contributed by atoms with Crippen LogP contribution in [0.15, 0.2) is 72.9 Å². The number of unbranched alkanes of at least 4 members (excludes halogenated alkanes) is 34. The summed E-state index contributed by atoms with van der Waals surface area (Å²) < 4.78 is 30.7. The summed E-state index contributed by atoms with van der Waals surface area (Å²) in [5.74, 6) is -0.524. The first kappa shape index (κ1) is 76.5. The van der Waals surface area contributed by atoms with Gasteiger partial charge in [0, 0.05) is 12.8 Å². The zero-order valence-electron chi connectivity index (χ0n) is 52.6. The number of ether oxygens (including phenoxy) is 1. The van der Waals surface area contributed by atoms with Crippen LogP contribution in [-0.2, 0) is 27.9 Å². The van der Waals surface area contributed by atoms with Crippen molar-refractivity contribution in [1.82, 2.24) is 5.32 Å². The van der Waals surface area contributed by atoms with Gasteiger partial charge in [-0.15, -0.1) is 0 Å². The Kier molecular flexibility index (Phi) is 56.7. The number of hydrogen-bond acceptors (Lipinski definition) is 6. The number of carbonyl (C=O) groups excluding carboxylic acids is 2. The molecule has 3 unspecified atom stereocenters. The number of phosphoric ester groups is 1. The van der Waals surface area contributed by atoms with Crippen molar-refractivity contribution in [2.75, 3.05) is 40.9 Å². The predicted molar refractivity (Wildman–Crippen MR) is 341 cm³/mol. The molecule has 0 saturated carbocycles. The zero-order valence-corrected chi connectivity index (χ0v) is 53.5. The second-order valence-corrected chi connectivity index (χ2v) is 25.1. The van der Waals surface area contributed by atoms with Crippen molar-refractivity contribution in [2.24, 2.45) is 0 Å². The highest BCUT2D eigenvalue weighted by atomic mass is 31.2. The molecule has 1 amide bonds. The van der Waals surface area contributed by atoms with E-state index in [1.165, 1.54) is 173 Å². The molecule has 0 aliphatic carbocycles. The summed E-state index contributed by atoms with van der Waals surface area (Å²) in [6.07, 6.45) is 76.3. The number of phosphoric acid groups is 1. The van der Waals surface area contributed by atoms with Gasteiger partial charge in [0.2, 0.25) is 5.91 Å². The van der Waals surface area contributed by atoms with E-state index < -0.39 is 20.0 Å². The topological polar surface area (TPSA) is 111 Å². The van der Waals surface area contributed by atoms with Crippen LogP contribution in [0.2, 0.25) is 0 Å². The molecule has 0 spiro atoms. The van der Waals surface area contributed by atoms with Crippen LogP contribution < -0.4 is 5.32 Å². The number of carbonyl (C=O) groups is 2. The lowest BCUT2D eigenvalue weighted by Gasteiger charge is -2.27. The molecular formula is C69H128N2O7P+. The fourth-order valence-electron chi connectivity index (χ4n) is 9.52. The molecule has 0 aliphatic heterocycles. The van der Waals surface area contributed by atoms with Crippen molar-refractivity contribution in [2.45, 2.75) is 315 Å². The molecule has 79 heavy (non-hydrogen) atoms. The van der Waals surface area contributed by atoms with E-state index in [-0.39, 0.29) is 31.5 Å². The molecule has 0 aromatic carbocycles. The van der Waals surface area contributed by atoms with E-state index in [1.54, 1.807) is 0 Å². The van der Waals surface area contributed by atoms with E-state index in [1.807, 2.05) is 33.3 Å². The fourth-order valence-corrected chi connectivity index (χ4v) is 10.3. The second kappa shape index (κ2) is 58.6. The Balaban J connectivity index is 5.02. The van der Waals surface area contributed by atoms with Gasteiger partial charge in [-0.05, 0) is 96.0 Å². The third-order valence-corrected chi connectivity index (χ3v) is 15.6. The van der Waals surface area contributed by atoms with E-state index in [4.69, 9.17) is 13.8 Å². The highest BCUT2D eigenvalue weighted by molar-refractivity contribution is 7.47. The van der Waals surface area contributed by atoms with Crippen LogP contribution in [0.3, 0.4) is 0 Å². The zero-order chi connectivity index (χ0) is 57.9. The van der Waals surface area contributed by atoms with Crippen LogP contribution in [0.4, 0.5) is 0 Å². The minimum atomic E-state index is -4.46. The molecule has 0 heterocycles. The molecule has 460 valence electrons. The molecule has 0 rings (SSSR count). The summed E-state index contributed by atoms with van der Waals surface area (Å²) in [5.41, 5.74) is 0. The van der Waals surface area contributed by atoms with Gasteiger partial charge in [-0.2, -0.15) is 0 Å². The van der Waals surface area contributed by atoms with Crippen LogP contribution in [0.5, 0.6) is 0 Å². The van der Waals surface area contributed by atoms with Crippen molar-refractivity contribution in [1.29, 1.82) is 0 Å². The smallest absolute Gasteiger partial charge is 0.456 e. The standard InChI is InChI=1S/C69H127N2O7P/c1-7-10-13-16-19-22-25-28-30-31-32-33-34-35-36-37-38-39-40-41-42-44-47-50-53-56-59-62-69(73)78-67(60-57-54-51-48-45-27-24-21-18-15-12-9-3)66(65-77-79(74,75)76-64-63-71(4,5)6)70-68(72)61-58-55-52-49-46-43-29-26-23-20-17-14-11-8-2/h11,14,19-20,22-23,28-30,43,57,60,66-67H,7-10,12-13,15-18,21,24-27,31-42,44-56,58-59,61-65H2,1-6H3,(H-,70,72,74,75)/p+1/b14-11+,22-19-,23-20+,30-28-,43-29+,60-57-. The predicted octanol–water partition coefficient (Wildman–Crippen LogP) is 20.8. The van der Waals surface area contributed by atoms with Crippen LogP contribution in [0.1, 0.15) is 303 Å². The maximum Gasteiger partial charge on any atom is 0.472 e. The van der Waals surface area contributed by atoms with Gasteiger partial charge in [-0.3, -0.25) is 18.6 Å². The van der Waals surface area contributed by atoms with Gasteiger partial charge >= 0.3 is 13.8 Å². The highest BCUT2D eigenvalue weighted by Gasteiger charge is 2.30. The maximum absolute atomic E-state index is 13.5. The average Bonchev–Trinajstić information content (AvgIpc) is 3.41. The number of nitrogens with zero attached hydrogens (tertiary/aromatic N) is 1. The summed E-state index contributed by atoms with van der Waals surface area (Å²) in [5, 5.41) is 3.05. The summed E-state index contributed by atoms with van der Waals surface area (Å²) in [4.78, 5) is 37.7. The SMILES string of the molecule is CC/C=C/C/C=C/C/C=C/CCCCCCC(=O)NC(COP(=O)(O)OCC[N+](C)(C)C)C(/C=C\CCCCCCCCCCCC)OC(=O)CCCCCCCCCCCCCCCCCCC/C=C\C/C=C\CCCCC. The van der Waals surface area contributed by atoms with Gasteiger partial charge in [-0.25, -0.2) is 4.57 Å². The van der Waals surface area contributed by atoms with Crippen LogP contribution in [0, 0.1) is 0 Å². The Bertz CT molecular complexity index is 1580. The highest BCUT2D eigenvalue weighted by Crippen LogP contribution is 2.43. The molecule has 0 aromatic heterocycles. The average molecular weight is 1130 g/mol. The number of rotatable bonds is 60. The number of allylic oxidation sites excluding steroid dienone is 11. The largest absolute Gasteiger partial charge is 0.472 e. The van der Waals surface area contributed by atoms with Crippen LogP contribution in [-0.4, -0.2) is 74.3 Å². The number of amides is 1. The molecular weight excluding hydrogens is 1000 g/mol. The normalized spacial score (nSPS) is 14.1. The van der Waals surface area contributed by atoms with Crippen molar-refractivity contribution < 1.29 is 37.3 Å². The third kappa shape index (κ3) is 59.9. The summed E-state index contributed by atoms with van der Waals surface area (Å²) in [6, 6.07) is -0.861. The van der Waals surface area contributed by atoms with Crippen molar-refractivity contribution in [3.63, 3.8) is 0 Å². The van der Waals surface area contributed by atoms with Gasteiger partial charge in [0.25, 0.3) is 0 Å². The number of hydrogen-bond donors (Lipinski definition) is 2. The Hall–Kier alpha value is -2.55. The van der Waals surface area contributed by atoms with Gasteiger partial charge < -0.3 is 19.4 Å². The monoisotopic (exact) mass is 1130 g/mol. The minimum Gasteiger partial charge on any atom is -0.456 e. The lowest BCUT2D eigenvalue weighted by molar-refractivity contribution is -0.870. The number of likely N-dealkylation sites (N-methyl/N-ethyl adjacent to an activating group) is 1. The van der Waals surface area contributed by atoms with E-state index >= 15 is 0 Å². The Morgan fingerprint density at radius 2 is 0.810 bits per heavy atom. The molecule has 0 fully saturated rings. The van der Waals surface area contributed by atoms with Gasteiger partial charge in [0.05, 0.1) is 33.8 Å². The number of esters is 1. The van der Waals surface area contributed by atoms with E-state index in [0.717, 1.165) is 96.3 Å². The van der Waals surface area contributed by atoms with Gasteiger partial charge in [0.15, 0.2) is 0 Å². The lowest BCUT2D eigenvalue weighted by Crippen LogP contribution is -2.47. The van der Waals surface area contributed by atoms with Gasteiger partial charge in [-0.1, -0.05) is 267 Å². The first-order valence-electron chi connectivity index (χ1n) is 33.3. The number of quaternary nitrogens is 1. The van der Waals surface area contributed by atoms with Gasteiger partial charge in [0.1, 0.15) is 19.3 Å². The van der Waals surface area contributed by atoms with Crippen LogP contribution in [0.25, 0.3) is 0 Å². The molecule has 0 saturated heterocycles. The Labute approximate surface area is 489 Å². The molecule has 0 bridgehead atoms. The Morgan fingerprint density at radius 3 is 1.24 bits per heavy atom. The molecule has 0 aromatic rings. The Morgan fingerprint density at radius 1 is 0.456 bits per heavy atom. The maximum atomic E-state index is 13.5. The number of nitrogens with one attached hydrogen (secondary N) is 1. The van der Waals surface area contributed by atoms with E-state index in [2.05, 4.69) is 86.8 Å². The molecule has 3 atom stereocenters. The van der Waals surface area contributed by atoms with E-state index in [0.29, 0.717) is 17.4 Å². The molecule has 10 heteroatoms. The molecule has 2 N–H and O–H groups in total. The van der Waals surface area contributed by atoms with Crippen molar-refractivity contribution in [3.8, 4) is 0 Å². The second-order valence-electron chi connectivity index (χ2n) is 23.6. The summed E-state index contributed by atoms with van der Waals surface area (Å²) in [7, 11) is 1.48. The summed E-state index contributed by atoms with van der Waals surface area (Å²) in [6.45, 7) is 6.87. The molecule has 0 aliphatic rings. The lowest BCUT2D eigenvalue weighted by atomic mass is 10.0. The first-order valence-corrected chi connectivity index (χ1v) is 34.8. The quantitative estimate of drug-likeness (QED) is 0.0205.